The number of carboxylic acids is 1. The van der Waals surface area contributed by atoms with Gasteiger partial charge in [0.15, 0.2) is 0 Å². The molecule has 3 atom stereocenters. The summed E-state index contributed by atoms with van der Waals surface area (Å²) in [6.45, 7) is 0.691. The molecule has 2 aromatic rings. The molecule has 1 aromatic carbocycles. The van der Waals surface area contributed by atoms with Crippen LogP contribution in [0.1, 0.15) is 31.2 Å². The van der Waals surface area contributed by atoms with E-state index < -0.39 is 48.2 Å². The van der Waals surface area contributed by atoms with Crippen LogP contribution in [0.5, 0.6) is 0 Å². The Labute approximate surface area is 178 Å². The number of amides is 3. The van der Waals surface area contributed by atoms with Gasteiger partial charge in [-0.05, 0) is 31.0 Å². The molecular formula is C21H27N5O5. The highest BCUT2D eigenvalue weighted by Gasteiger charge is 2.30. The molecule has 0 spiro atoms. The minimum Gasteiger partial charge on any atom is -0.480 e. The van der Waals surface area contributed by atoms with Crippen LogP contribution in [0.15, 0.2) is 30.5 Å². The summed E-state index contributed by atoms with van der Waals surface area (Å²) in [5, 5.41) is 18.5. The number of aromatic amines is 1. The van der Waals surface area contributed by atoms with Crippen molar-refractivity contribution in [3.05, 3.63) is 36.0 Å². The number of nitrogens with one attached hydrogen (secondary N) is 4. The number of carbonyl (C=O) groups is 4. The summed E-state index contributed by atoms with van der Waals surface area (Å²) < 4.78 is 0. The van der Waals surface area contributed by atoms with Crippen molar-refractivity contribution in [2.45, 2.75) is 50.2 Å². The number of aliphatic carboxylic acids is 1. The second kappa shape index (κ2) is 10.1. The Morgan fingerprint density at radius 1 is 1.13 bits per heavy atom. The molecule has 1 aliphatic rings. The number of hydrogen-bond donors (Lipinski definition) is 6. The van der Waals surface area contributed by atoms with Gasteiger partial charge >= 0.3 is 5.97 Å². The predicted molar refractivity (Wildman–Crippen MR) is 113 cm³/mol. The zero-order valence-electron chi connectivity index (χ0n) is 17.0. The van der Waals surface area contributed by atoms with Gasteiger partial charge in [-0.15, -0.1) is 0 Å². The van der Waals surface area contributed by atoms with Crippen LogP contribution < -0.4 is 21.7 Å². The van der Waals surface area contributed by atoms with E-state index in [2.05, 4.69) is 20.9 Å². The SMILES string of the molecule is NC(=O)C[C@@H](NC(=O)[C@@H]1CCCCN1)C(=O)N[C@@H](Cc1c[nH]c2ccccc12)C(=O)O. The van der Waals surface area contributed by atoms with E-state index >= 15 is 0 Å². The monoisotopic (exact) mass is 429 g/mol. The zero-order valence-corrected chi connectivity index (χ0v) is 17.0. The first-order chi connectivity index (χ1) is 14.8. The van der Waals surface area contributed by atoms with Crippen molar-refractivity contribution in [1.82, 2.24) is 20.9 Å². The minimum atomic E-state index is -1.25. The van der Waals surface area contributed by atoms with Crippen molar-refractivity contribution in [1.29, 1.82) is 0 Å². The lowest BCUT2D eigenvalue weighted by molar-refractivity contribution is -0.142. The molecule has 166 valence electrons. The Kier molecular flexibility index (Phi) is 7.24. The summed E-state index contributed by atoms with van der Waals surface area (Å²) >= 11 is 0. The number of carboxylic acid groups (broad SMARTS) is 1. The van der Waals surface area contributed by atoms with Crippen LogP contribution in [-0.2, 0) is 25.6 Å². The number of fused-ring (bicyclic) bond motifs is 1. The molecule has 1 saturated heterocycles. The molecule has 1 fully saturated rings. The molecule has 3 rings (SSSR count). The predicted octanol–water partition coefficient (Wildman–Crippen LogP) is -0.218. The molecule has 3 amide bonds. The fourth-order valence-electron chi connectivity index (χ4n) is 3.75. The van der Waals surface area contributed by atoms with E-state index in [1.165, 1.54) is 0 Å². The van der Waals surface area contributed by atoms with Gasteiger partial charge in [0.2, 0.25) is 17.7 Å². The fraction of sp³-hybridized carbons (Fsp3) is 0.429. The summed E-state index contributed by atoms with van der Waals surface area (Å²) in [6.07, 6.45) is 3.77. The van der Waals surface area contributed by atoms with Crippen molar-refractivity contribution in [3.8, 4) is 0 Å². The number of piperidine rings is 1. The van der Waals surface area contributed by atoms with Gasteiger partial charge in [0, 0.05) is 23.5 Å². The van der Waals surface area contributed by atoms with Crippen molar-refractivity contribution >= 4 is 34.6 Å². The maximum absolute atomic E-state index is 12.8. The minimum absolute atomic E-state index is 0.0342. The molecule has 10 heteroatoms. The first-order valence-corrected chi connectivity index (χ1v) is 10.3. The van der Waals surface area contributed by atoms with E-state index in [-0.39, 0.29) is 6.42 Å². The molecule has 1 aromatic heterocycles. The summed E-state index contributed by atoms with van der Waals surface area (Å²) in [7, 11) is 0. The molecular weight excluding hydrogens is 402 g/mol. The van der Waals surface area contributed by atoms with E-state index in [1.807, 2.05) is 24.3 Å². The summed E-state index contributed by atoms with van der Waals surface area (Å²) in [5.41, 5.74) is 6.82. The molecule has 0 bridgehead atoms. The number of nitrogens with two attached hydrogens (primary N) is 1. The Morgan fingerprint density at radius 2 is 1.90 bits per heavy atom. The van der Waals surface area contributed by atoms with Gasteiger partial charge in [0.05, 0.1) is 12.5 Å². The first kappa shape index (κ1) is 22.3. The molecule has 2 heterocycles. The topological polar surface area (TPSA) is 166 Å². The van der Waals surface area contributed by atoms with Crippen molar-refractivity contribution < 1.29 is 24.3 Å². The maximum atomic E-state index is 12.8. The lowest BCUT2D eigenvalue weighted by atomic mass is 10.0. The molecule has 31 heavy (non-hydrogen) atoms. The number of benzene rings is 1. The Bertz CT molecular complexity index is 966. The van der Waals surface area contributed by atoms with Crippen LogP contribution in [0.2, 0.25) is 0 Å². The van der Waals surface area contributed by atoms with Crippen LogP contribution in [0.4, 0.5) is 0 Å². The van der Waals surface area contributed by atoms with E-state index in [1.54, 1.807) is 6.20 Å². The van der Waals surface area contributed by atoms with Gasteiger partial charge < -0.3 is 31.8 Å². The Hall–Kier alpha value is -3.40. The number of hydrogen-bond acceptors (Lipinski definition) is 5. The smallest absolute Gasteiger partial charge is 0.326 e. The lowest BCUT2D eigenvalue weighted by Gasteiger charge is -2.26. The number of primary amides is 1. The first-order valence-electron chi connectivity index (χ1n) is 10.3. The van der Waals surface area contributed by atoms with E-state index in [9.17, 15) is 24.3 Å². The summed E-state index contributed by atoms with van der Waals surface area (Å²) in [6, 6.07) is 4.46. The van der Waals surface area contributed by atoms with Gasteiger partial charge in [0.25, 0.3) is 0 Å². The average molecular weight is 429 g/mol. The molecule has 7 N–H and O–H groups in total. The number of para-hydroxylation sites is 1. The quantitative estimate of drug-likeness (QED) is 0.322. The van der Waals surface area contributed by atoms with Gasteiger partial charge in [-0.3, -0.25) is 14.4 Å². The fourth-order valence-corrected chi connectivity index (χ4v) is 3.75. The number of carbonyl (C=O) groups excluding carboxylic acids is 3. The summed E-state index contributed by atoms with van der Waals surface area (Å²) in [4.78, 5) is 51.6. The second-order valence-corrected chi connectivity index (χ2v) is 7.70. The lowest BCUT2D eigenvalue weighted by Crippen LogP contribution is -2.56. The van der Waals surface area contributed by atoms with Crippen LogP contribution in [0.3, 0.4) is 0 Å². The molecule has 0 saturated carbocycles. The van der Waals surface area contributed by atoms with Gasteiger partial charge in [-0.1, -0.05) is 24.6 Å². The van der Waals surface area contributed by atoms with Gasteiger partial charge in [-0.2, -0.15) is 0 Å². The largest absolute Gasteiger partial charge is 0.480 e. The maximum Gasteiger partial charge on any atom is 0.326 e. The Balaban J connectivity index is 1.70. The third kappa shape index (κ3) is 5.82. The molecule has 1 aliphatic heterocycles. The number of rotatable bonds is 9. The highest BCUT2D eigenvalue weighted by Crippen LogP contribution is 2.19. The number of H-pyrrole nitrogens is 1. The third-order valence-electron chi connectivity index (χ3n) is 5.38. The van der Waals surface area contributed by atoms with E-state index in [0.29, 0.717) is 13.0 Å². The molecule has 10 nitrogen and oxygen atoms in total. The molecule has 0 radical (unpaired) electrons. The normalized spacial score (nSPS) is 18.1. The highest BCUT2D eigenvalue weighted by atomic mass is 16.4. The van der Waals surface area contributed by atoms with Crippen molar-refractivity contribution in [2.24, 2.45) is 5.73 Å². The highest BCUT2D eigenvalue weighted by molar-refractivity contribution is 5.95. The standard InChI is InChI=1S/C21H27N5O5/c22-18(27)10-16(25-19(28)15-7-3-4-8-23-15)20(29)26-17(21(30)31)9-12-11-24-14-6-2-1-5-13(12)14/h1-2,5-6,11,15-17,23-24H,3-4,7-10H2,(H2,22,27)(H,25,28)(H,26,29)(H,30,31)/t15-,16+,17-/m0/s1. The van der Waals surface area contributed by atoms with Gasteiger partial charge in [-0.25, -0.2) is 4.79 Å². The van der Waals surface area contributed by atoms with Crippen LogP contribution >= 0.6 is 0 Å². The molecule has 0 aliphatic carbocycles. The van der Waals surface area contributed by atoms with Crippen LogP contribution in [0, 0.1) is 0 Å². The average Bonchev–Trinajstić information content (AvgIpc) is 3.16. The van der Waals surface area contributed by atoms with E-state index in [0.717, 1.165) is 29.3 Å². The van der Waals surface area contributed by atoms with Gasteiger partial charge in [0.1, 0.15) is 12.1 Å². The van der Waals surface area contributed by atoms with Crippen molar-refractivity contribution in [2.75, 3.05) is 6.54 Å². The zero-order chi connectivity index (χ0) is 22.4. The van der Waals surface area contributed by atoms with Crippen molar-refractivity contribution in [3.63, 3.8) is 0 Å². The molecule has 0 unspecified atom stereocenters. The summed E-state index contributed by atoms with van der Waals surface area (Å²) in [5.74, 6) is -3.18. The number of aromatic nitrogens is 1. The second-order valence-electron chi connectivity index (χ2n) is 7.70. The third-order valence-corrected chi connectivity index (χ3v) is 5.38. The van der Waals surface area contributed by atoms with Crippen LogP contribution in [-0.4, -0.2) is 58.5 Å². The van der Waals surface area contributed by atoms with Crippen LogP contribution in [0.25, 0.3) is 10.9 Å². The van der Waals surface area contributed by atoms with E-state index in [4.69, 9.17) is 5.73 Å². The Morgan fingerprint density at radius 3 is 2.58 bits per heavy atom.